The predicted molar refractivity (Wildman–Crippen MR) is 102 cm³/mol. The molecule has 0 bridgehead atoms. The van der Waals surface area contributed by atoms with Gasteiger partial charge in [0.1, 0.15) is 42.2 Å². The Morgan fingerprint density at radius 2 is 1.93 bits per heavy atom. The monoisotopic (exact) mass is 460 g/mol. The Kier molecular flexibility index (Phi) is 6.59. The van der Waals surface area contributed by atoms with Crippen LogP contribution in [0.4, 0.5) is 0 Å². The first-order valence-electron chi connectivity index (χ1n) is 8.66. The molecule has 3 aliphatic rings. The molecular formula is C16H20N4O8S2. The van der Waals surface area contributed by atoms with Crippen molar-refractivity contribution in [2.45, 2.75) is 43.4 Å². The van der Waals surface area contributed by atoms with E-state index >= 15 is 0 Å². The zero-order valence-corrected chi connectivity index (χ0v) is 18.2. The van der Waals surface area contributed by atoms with E-state index in [9.17, 15) is 18.0 Å². The molecule has 0 saturated carbocycles. The summed E-state index contributed by atoms with van der Waals surface area (Å²) in [6.45, 7) is 2.08. The van der Waals surface area contributed by atoms with Gasteiger partial charge in [-0.05, 0) is 6.26 Å². The van der Waals surface area contributed by atoms with Crippen molar-refractivity contribution in [3.63, 3.8) is 0 Å². The molecule has 1 saturated heterocycles. The van der Waals surface area contributed by atoms with Gasteiger partial charge in [0.2, 0.25) is 0 Å². The van der Waals surface area contributed by atoms with Crippen molar-refractivity contribution < 1.29 is 36.4 Å². The van der Waals surface area contributed by atoms with E-state index in [0.717, 1.165) is 6.26 Å². The molecule has 0 radical (unpaired) electrons. The van der Waals surface area contributed by atoms with Gasteiger partial charge in [-0.15, -0.1) is 11.8 Å². The highest BCUT2D eigenvalue weighted by molar-refractivity contribution is 7.98. The molecule has 0 unspecified atom stereocenters. The van der Waals surface area contributed by atoms with Gasteiger partial charge in [0, 0.05) is 13.8 Å². The lowest BCUT2D eigenvalue weighted by atomic mass is 10.1. The topological polar surface area (TPSA) is 149 Å². The quantitative estimate of drug-likeness (QED) is 0.241. The number of aromatic nitrogens is 4. The first kappa shape index (κ1) is 22.4. The highest BCUT2D eigenvalue weighted by Gasteiger charge is 2.51. The molecule has 3 rings (SSSR count). The summed E-state index contributed by atoms with van der Waals surface area (Å²) >= 11 is 1.33. The van der Waals surface area contributed by atoms with Crippen LogP contribution in [0.5, 0.6) is 0 Å². The minimum absolute atomic E-state index is 0.301. The van der Waals surface area contributed by atoms with E-state index < -0.39 is 46.6 Å². The molecule has 14 heteroatoms. The van der Waals surface area contributed by atoms with Gasteiger partial charge in [0.25, 0.3) is 10.1 Å². The van der Waals surface area contributed by atoms with E-state index in [2.05, 4.69) is 15.0 Å². The van der Waals surface area contributed by atoms with Crippen LogP contribution >= 0.6 is 11.8 Å². The van der Waals surface area contributed by atoms with Crippen molar-refractivity contribution >= 4 is 33.8 Å². The fraction of sp³-hybridized carbons (Fsp3) is 0.562. The van der Waals surface area contributed by atoms with Gasteiger partial charge in [-0.25, -0.2) is 15.0 Å². The molecule has 0 spiro atoms. The molecule has 164 valence electrons. The summed E-state index contributed by atoms with van der Waals surface area (Å²) in [5.74, 6) is -0.841. The maximum absolute atomic E-state index is 11.8. The van der Waals surface area contributed by atoms with Crippen LogP contribution in [0.3, 0.4) is 0 Å². The van der Waals surface area contributed by atoms with E-state index in [-0.39, 0.29) is 6.61 Å². The lowest BCUT2D eigenvalue weighted by molar-refractivity contribution is -0.155. The number of ether oxygens (including phenoxy) is 3. The number of esters is 2. The largest absolute Gasteiger partial charge is 0.463 e. The van der Waals surface area contributed by atoms with Crippen molar-refractivity contribution in [3.05, 3.63) is 12.7 Å². The van der Waals surface area contributed by atoms with E-state index in [4.69, 9.17) is 18.4 Å². The second kappa shape index (κ2) is 8.83. The number of hydrogen-bond acceptors (Lipinski definition) is 12. The van der Waals surface area contributed by atoms with Crippen LogP contribution in [0.2, 0.25) is 0 Å². The van der Waals surface area contributed by atoms with Crippen LogP contribution in [-0.4, -0.2) is 77.3 Å². The number of carbonyl (C=O) groups is 2. The van der Waals surface area contributed by atoms with Crippen molar-refractivity contribution in [1.82, 2.24) is 19.5 Å². The van der Waals surface area contributed by atoms with Crippen molar-refractivity contribution in [2.24, 2.45) is 0 Å². The van der Waals surface area contributed by atoms with Crippen LogP contribution in [-0.2, 0) is 38.1 Å². The van der Waals surface area contributed by atoms with Gasteiger partial charge in [-0.3, -0.25) is 18.3 Å². The fourth-order valence-electron chi connectivity index (χ4n) is 3.08. The Morgan fingerprint density at radius 1 is 1.20 bits per heavy atom. The van der Waals surface area contributed by atoms with Gasteiger partial charge in [0.05, 0.1) is 6.26 Å². The van der Waals surface area contributed by atoms with Gasteiger partial charge in [-0.1, -0.05) is 0 Å². The number of fused-ring (bicyclic) bond motifs is 1. The van der Waals surface area contributed by atoms with E-state index in [0.29, 0.717) is 16.5 Å². The summed E-state index contributed by atoms with van der Waals surface area (Å²) in [7, 11) is -3.96. The zero-order valence-electron chi connectivity index (χ0n) is 16.5. The highest BCUT2D eigenvalue weighted by Crippen LogP contribution is 2.39. The van der Waals surface area contributed by atoms with Crippen molar-refractivity contribution in [3.8, 4) is 11.5 Å². The number of thioether (sulfide) groups is 1. The third-order valence-electron chi connectivity index (χ3n) is 4.11. The molecule has 0 aromatic rings. The molecule has 30 heavy (non-hydrogen) atoms. The molecule has 4 atom stereocenters. The second-order valence-corrected chi connectivity index (χ2v) is 8.81. The SMILES string of the molecule is CSc1c2ncnc-2ncn1[C@@H]1O[C@H](COC(C)=O)[C@H](OS(C)(=O)=O)[C@H]1OC(C)=O. The Morgan fingerprint density at radius 3 is 2.53 bits per heavy atom. The molecule has 1 fully saturated rings. The Bertz CT molecular complexity index is 1010. The minimum atomic E-state index is -3.96. The molecular weight excluding hydrogens is 440 g/mol. The highest BCUT2D eigenvalue weighted by atomic mass is 32.2. The average molecular weight is 460 g/mol. The number of imidazole rings is 1. The maximum Gasteiger partial charge on any atom is 0.303 e. The van der Waals surface area contributed by atoms with Gasteiger partial charge in [0.15, 0.2) is 18.2 Å². The number of hydrogen-bond donors (Lipinski definition) is 0. The van der Waals surface area contributed by atoms with E-state index in [1.807, 2.05) is 0 Å². The van der Waals surface area contributed by atoms with Gasteiger partial charge < -0.3 is 14.2 Å². The fourth-order valence-corrected chi connectivity index (χ4v) is 4.42. The summed E-state index contributed by atoms with van der Waals surface area (Å²) in [5, 5.41) is 0.603. The predicted octanol–water partition coefficient (Wildman–Crippen LogP) is 0.237. The smallest absolute Gasteiger partial charge is 0.303 e. The second-order valence-electron chi connectivity index (χ2n) is 6.41. The van der Waals surface area contributed by atoms with E-state index in [1.54, 1.807) is 10.8 Å². The summed E-state index contributed by atoms with van der Waals surface area (Å²) in [6, 6.07) is 0. The van der Waals surface area contributed by atoms with E-state index in [1.165, 1.54) is 38.3 Å². The lowest BCUT2D eigenvalue weighted by Crippen LogP contribution is -2.41. The first-order valence-corrected chi connectivity index (χ1v) is 11.7. The zero-order chi connectivity index (χ0) is 22.1. The van der Waals surface area contributed by atoms with Crippen molar-refractivity contribution in [1.29, 1.82) is 0 Å². The third-order valence-corrected chi connectivity index (χ3v) is 5.47. The normalized spacial score (nSPS) is 24.1. The van der Waals surface area contributed by atoms with Crippen molar-refractivity contribution in [2.75, 3.05) is 19.1 Å². The average Bonchev–Trinajstić information content (AvgIpc) is 3.23. The molecule has 0 N–H and O–H groups in total. The molecule has 0 aromatic heterocycles. The van der Waals surface area contributed by atoms with Crippen LogP contribution < -0.4 is 0 Å². The summed E-state index contributed by atoms with van der Waals surface area (Å²) < 4.78 is 46.7. The third kappa shape index (κ3) is 4.88. The Labute approximate surface area is 176 Å². The summed E-state index contributed by atoms with van der Waals surface area (Å²) in [4.78, 5) is 35.5. The number of rotatable bonds is 7. The maximum atomic E-state index is 11.8. The van der Waals surface area contributed by atoms with Gasteiger partial charge >= 0.3 is 11.9 Å². The van der Waals surface area contributed by atoms with Gasteiger partial charge in [-0.2, -0.15) is 8.42 Å². The first-order chi connectivity index (χ1) is 14.1. The molecule has 3 heterocycles. The van der Waals surface area contributed by atoms with Crippen LogP contribution in [0.25, 0.3) is 11.5 Å². The minimum Gasteiger partial charge on any atom is -0.463 e. The van der Waals surface area contributed by atoms with Crippen LogP contribution in [0.15, 0.2) is 17.7 Å². The molecule has 0 aliphatic carbocycles. The summed E-state index contributed by atoms with van der Waals surface area (Å²) in [5.41, 5.74) is 0.499. The standard InChI is InChI=1S/C16H20N4O8S2/c1-8(21)25-5-10-12(28-30(4,23)24)13(26-9(2)22)15(27-10)20-7-19-14-11(16(20)29-3)17-6-18-14/h6-7,10,12-13,15H,5H2,1-4H3/t10-,12+,13-,15-/m1/s1. The number of carbonyl (C=O) groups excluding carboxylic acids is 2. The Hall–Kier alpha value is -2.29. The van der Waals surface area contributed by atoms with Crippen LogP contribution in [0, 0.1) is 0 Å². The molecule has 0 aromatic carbocycles. The number of nitrogens with zero attached hydrogens (tertiary/aromatic N) is 4. The molecule has 12 nitrogen and oxygen atoms in total. The van der Waals surface area contributed by atoms with Crippen LogP contribution in [0.1, 0.15) is 20.1 Å². The Balaban J connectivity index is 2.06. The molecule has 0 amide bonds. The summed E-state index contributed by atoms with van der Waals surface area (Å²) in [6.07, 6.45) is 0.986. The lowest BCUT2D eigenvalue weighted by Gasteiger charge is -2.25. The molecule has 3 aliphatic heterocycles.